The Kier molecular flexibility index (Phi) is 6.15. The SMILES string of the molecule is Oc1ccc(C#Cc2ccc(N3CCC(Br)CC3Oc3ccccc3F)nn2)cc1. The highest BCUT2D eigenvalue weighted by Gasteiger charge is 2.30. The summed E-state index contributed by atoms with van der Waals surface area (Å²) < 4.78 is 20.0. The quantitative estimate of drug-likeness (QED) is 0.454. The molecule has 1 aliphatic heterocycles. The van der Waals surface area contributed by atoms with Gasteiger partial charge in [0.05, 0.1) is 0 Å². The van der Waals surface area contributed by atoms with Gasteiger partial charge in [-0.1, -0.05) is 34.0 Å². The van der Waals surface area contributed by atoms with E-state index >= 15 is 0 Å². The van der Waals surface area contributed by atoms with Crippen molar-refractivity contribution in [2.24, 2.45) is 0 Å². The van der Waals surface area contributed by atoms with E-state index in [4.69, 9.17) is 4.74 Å². The fourth-order valence-electron chi connectivity index (χ4n) is 3.17. The van der Waals surface area contributed by atoms with Crippen molar-refractivity contribution in [3.63, 3.8) is 0 Å². The molecular weight excluding hydrogens is 449 g/mol. The zero-order valence-corrected chi connectivity index (χ0v) is 17.6. The summed E-state index contributed by atoms with van der Waals surface area (Å²) in [6.07, 6.45) is 1.25. The van der Waals surface area contributed by atoms with Crippen molar-refractivity contribution in [1.82, 2.24) is 10.2 Å². The average molecular weight is 468 g/mol. The molecule has 3 aromatic rings. The molecular formula is C23H19BrFN3O2. The zero-order valence-electron chi connectivity index (χ0n) is 16.0. The number of piperidine rings is 1. The maximum absolute atomic E-state index is 14.1. The molecule has 0 bridgehead atoms. The topological polar surface area (TPSA) is 58.5 Å². The summed E-state index contributed by atoms with van der Waals surface area (Å²) in [6, 6.07) is 16.7. The molecule has 0 saturated carbocycles. The van der Waals surface area contributed by atoms with Crippen molar-refractivity contribution in [1.29, 1.82) is 0 Å². The number of anilines is 1. The monoisotopic (exact) mass is 467 g/mol. The molecule has 1 saturated heterocycles. The van der Waals surface area contributed by atoms with Crippen molar-refractivity contribution < 1.29 is 14.2 Å². The summed E-state index contributed by atoms with van der Waals surface area (Å²) in [4.78, 5) is 2.28. The van der Waals surface area contributed by atoms with E-state index < -0.39 is 0 Å². The number of alkyl halides is 1. The Labute approximate surface area is 182 Å². The van der Waals surface area contributed by atoms with E-state index in [2.05, 4.69) is 38.0 Å². The summed E-state index contributed by atoms with van der Waals surface area (Å²) in [5.41, 5.74) is 1.31. The molecule has 1 aromatic heterocycles. The molecule has 2 aromatic carbocycles. The molecule has 7 heteroatoms. The smallest absolute Gasteiger partial charge is 0.174 e. The highest BCUT2D eigenvalue weighted by atomic mass is 79.9. The molecule has 1 N–H and O–H groups in total. The van der Waals surface area contributed by atoms with Gasteiger partial charge in [-0.25, -0.2) is 4.39 Å². The molecule has 0 amide bonds. The number of phenolic OH excluding ortho intramolecular Hbond substituents is 1. The van der Waals surface area contributed by atoms with Crippen LogP contribution in [0.5, 0.6) is 11.5 Å². The lowest BCUT2D eigenvalue weighted by Gasteiger charge is -2.38. The maximum Gasteiger partial charge on any atom is 0.174 e. The van der Waals surface area contributed by atoms with Crippen LogP contribution < -0.4 is 9.64 Å². The molecule has 2 heterocycles. The molecule has 30 heavy (non-hydrogen) atoms. The molecule has 152 valence electrons. The van der Waals surface area contributed by atoms with Gasteiger partial charge >= 0.3 is 0 Å². The van der Waals surface area contributed by atoms with Crippen molar-refractivity contribution >= 4 is 21.7 Å². The number of benzene rings is 2. The Hall–Kier alpha value is -3.11. The van der Waals surface area contributed by atoms with Gasteiger partial charge in [-0.15, -0.1) is 10.2 Å². The first kappa shape index (κ1) is 20.2. The normalized spacial score (nSPS) is 18.4. The molecule has 2 atom stereocenters. The number of aromatic nitrogens is 2. The number of halogens is 2. The number of hydrogen-bond donors (Lipinski definition) is 1. The predicted octanol–water partition coefficient (Wildman–Crippen LogP) is 4.49. The minimum atomic E-state index is -0.389. The van der Waals surface area contributed by atoms with E-state index in [1.54, 1.807) is 48.5 Å². The molecule has 0 spiro atoms. The van der Waals surface area contributed by atoms with Crippen LogP contribution in [0.2, 0.25) is 0 Å². The van der Waals surface area contributed by atoms with Gasteiger partial charge in [-0.2, -0.15) is 0 Å². The van der Waals surface area contributed by atoms with Gasteiger partial charge in [0, 0.05) is 23.4 Å². The van der Waals surface area contributed by atoms with Gasteiger partial charge in [0.15, 0.2) is 23.6 Å². The number of ether oxygens (including phenoxy) is 1. The van der Waals surface area contributed by atoms with Crippen LogP contribution in [-0.4, -0.2) is 32.9 Å². The second-order valence-electron chi connectivity index (χ2n) is 6.89. The van der Waals surface area contributed by atoms with Crippen LogP contribution in [0, 0.1) is 17.7 Å². The first-order valence-electron chi connectivity index (χ1n) is 9.55. The fourth-order valence-corrected chi connectivity index (χ4v) is 3.70. The number of aromatic hydroxyl groups is 1. The molecule has 5 nitrogen and oxygen atoms in total. The Morgan fingerprint density at radius 1 is 1.03 bits per heavy atom. The van der Waals surface area contributed by atoms with Crippen molar-refractivity contribution in [2.45, 2.75) is 23.9 Å². The first-order chi connectivity index (χ1) is 14.6. The summed E-state index contributed by atoms with van der Waals surface area (Å²) in [7, 11) is 0. The standard InChI is InChI=1S/C23H19BrFN3O2/c24-17-13-14-28(23(15-17)30-21-4-2-1-3-20(21)25)22-12-9-18(26-27-22)8-5-16-6-10-19(29)11-7-16/h1-4,6-7,9-12,17,23,29H,13-15H2. The van der Waals surface area contributed by atoms with Crippen LogP contribution in [0.15, 0.2) is 60.7 Å². The fraction of sp³-hybridized carbons (Fsp3) is 0.217. The second-order valence-corrected chi connectivity index (χ2v) is 8.19. The molecule has 2 unspecified atom stereocenters. The van der Waals surface area contributed by atoms with Gasteiger partial charge in [-0.05, 0) is 60.9 Å². The van der Waals surface area contributed by atoms with E-state index in [1.165, 1.54) is 6.07 Å². The Morgan fingerprint density at radius 3 is 2.57 bits per heavy atom. The summed E-state index contributed by atoms with van der Waals surface area (Å²) in [5.74, 6) is 6.64. The van der Waals surface area contributed by atoms with Gasteiger partial charge in [0.2, 0.25) is 0 Å². The van der Waals surface area contributed by atoms with E-state index in [0.29, 0.717) is 24.5 Å². The highest BCUT2D eigenvalue weighted by molar-refractivity contribution is 9.09. The van der Waals surface area contributed by atoms with Crippen LogP contribution >= 0.6 is 15.9 Å². The number of rotatable bonds is 3. The van der Waals surface area contributed by atoms with E-state index in [9.17, 15) is 9.50 Å². The summed E-state index contributed by atoms with van der Waals surface area (Å²) >= 11 is 3.65. The molecule has 1 aliphatic rings. The lowest BCUT2D eigenvalue weighted by atomic mass is 10.1. The highest BCUT2D eigenvalue weighted by Crippen LogP contribution is 2.29. The molecule has 4 rings (SSSR count). The third-order valence-electron chi connectivity index (χ3n) is 4.73. The predicted molar refractivity (Wildman–Crippen MR) is 116 cm³/mol. The molecule has 0 radical (unpaired) electrons. The third-order valence-corrected chi connectivity index (χ3v) is 5.57. The number of hydrogen-bond acceptors (Lipinski definition) is 5. The number of para-hydroxylation sites is 1. The van der Waals surface area contributed by atoms with Crippen molar-refractivity contribution in [3.05, 3.63) is 77.7 Å². The van der Waals surface area contributed by atoms with Gasteiger partial charge in [0.1, 0.15) is 11.4 Å². The van der Waals surface area contributed by atoms with Crippen LogP contribution in [-0.2, 0) is 0 Å². The van der Waals surface area contributed by atoms with Gasteiger partial charge < -0.3 is 14.7 Å². The summed E-state index contributed by atoms with van der Waals surface area (Å²) in [5, 5.41) is 17.9. The van der Waals surface area contributed by atoms with Crippen LogP contribution in [0.25, 0.3) is 0 Å². The van der Waals surface area contributed by atoms with Crippen molar-refractivity contribution in [2.75, 3.05) is 11.4 Å². The molecule has 0 aliphatic carbocycles. The maximum atomic E-state index is 14.1. The minimum absolute atomic E-state index is 0.198. The first-order valence-corrected chi connectivity index (χ1v) is 10.5. The Bertz CT molecular complexity index is 1060. The third kappa shape index (κ3) is 4.89. The lowest BCUT2D eigenvalue weighted by molar-refractivity contribution is 0.160. The lowest BCUT2D eigenvalue weighted by Crippen LogP contribution is -2.47. The van der Waals surface area contributed by atoms with Gasteiger partial charge in [0.25, 0.3) is 0 Å². The van der Waals surface area contributed by atoms with Crippen LogP contribution in [0.3, 0.4) is 0 Å². The van der Waals surface area contributed by atoms with Crippen molar-refractivity contribution in [3.8, 4) is 23.3 Å². The zero-order chi connectivity index (χ0) is 20.9. The number of phenols is 1. The van der Waals surface area contributed by atoms with E-state index in [-0.39, 0.29) is 28.4 Å². The Morgan fingerprint density at radius 2 is 1.83 bits per heavy atom. The second kappa shape index (κ2) is 9.14. The molecule has 1 fully saturated rings. The van der Waals surface area contributed by atoms with Crippen LogP contribution in [0.4, 0.5) is 10.2 Å². The van der Waals surface area contributed by atoms with E-state index in [1.807, 2.05) is 11.0 Å². The Balaban J connectivity index is 1.51. The largest absolute Gasteiger partial charge is 0.508 e. The van der Waals surface area contributed by atoms with Crippen LogP contribution in [0.1, 0.15) is 24.1 Å². The summed E-state index contributed by atoms with van der Waals surface area (Å²) in [6.45, 7) is 0.711. The van der Waals surface area contributed by atoms with Gasteiger partial charge in [-0.3, -0.25) is 0 Å². The van der Waals surface area contributed by atoms with E-state index in [0.717, 1.165) is 12.0 Å². The number of nitrogens with zero attached hydrogens (tertiary/aromatic N) is 3. The average Bonchev–Trinajstić information content (AvgIpc) is 2.76. The minimum Gasteiger partial charge on any atom is -0.508 e.